The summed E-state index contributed by atoms with van der Waals surface area (Å²) in [5.41, 5.74) is 1.65. The summed E-state index contributed by atoms with van der Waals surface area (Å²) in [5, 5.41) is 5.18. The van der Waals surface area contributed by atoms with Gasteiger partial charge in [0, 0.05) is 19.2 Å². The zero-order valence-electron chi connectivity index (χ0n) is 11.8. The predicted octanol–water partition coefficient (Wildman–Crippen LogP) is 0.227. The normalized spacial score (nSPS) is 9.90. The second kappa shape index (κ2) is 7.97. The molecule has 0 saturated carbocycles. The van der Waals surface area contributed by atoms with Gasteiger partial charge in [-0.3, -0.25) is 14.5 Å². The maximum atomic E-state index is 11.5. The zero-order chi connectivity index (χ0) is 15.0. The summed E-state index contributed by atoms with van der Waals surface area (Å²) in [5.74, 6) is 2.14. The van der Waals surface area contributed by atoms with Gasteiger partial charge in [0.2, 0.25) is 5.91 Å². The highest BCUT2D eigenvalue weighted by molar-refractivity contribution is 5.93. The van der Waals surface area contributed by atoms with Crippen LogP contribution >= 0.6 is 0 Å². The summed E-state index contributed by atoms with van der Waals surface area (Å²) in [4.78, 5) is 24.8. The minimum atomic E-state index is -0.112. The van der Waals surface area contributed by atoms with E-state index in [0.717, 1.165) is 5.56 Å². The summed E-state index contributed by atoms with van der Waals surface area (Å²) < 4.78 is 0. The molecule has 0 saturated heterocycles. The van der Waals surface area contributed by atoms with Crippen LogP contribution in [0.5, 0.6) is 0 Å². The maximum Gasteiger partial charge on any atom is 0.251 e. The SMILES string of the molecule is C#CCNC(=O)CN(C)Cc1ccc(C(=O)NC)cc1. The Morgan fingerprint density at radius 1 is 1.30 bits per heavy atom. The highest BCUT2D eigenvalue weighted by Crippen LogP contribution is 2.06. The summed E-state index contributed by atoms with van der Waals surface area (Å²) >= 11 is 0. The molecule has 0 unspecified atom stereocenters. The average molecular weight is 273 g/mol. The fraction of sp³-hybridized carbons (Fsp3) is 0.333. The molecule has 0 heterocycles. The molecule has 5 nitrogen and oxygen atoms in total. The molecule has 0 radical (unpaired) electrons. The summed E-state index contributed by atoms with van der Waals surface area (Å²) in [7, 11) is 3.45. The van der Waals surface area contributed by atoms with Crippen molar-refractivity contribution in [1.29, 1.82) is 0 Å². The third-order valence-corrected chi connectivity index (χ3v) is 2.70. The number of carbonyl (C=O) groups excluding carboxylic acids is 2. The number of carbonyl (C=O) groups is 2. The monoisotopic (exact) mass is 273 g/mol. The van der Waals surface area contributed by atoms with Gasteiger partial charge in [0.15, 0.2) is 0 Å². The van der Waals surface area contributed by atoms with Crippen LogP contribution in [0.2, 0.25) is 0 Å². The van der Waals surface area contributed by atoms with E-state index >= 15 is 0 Å². The third-order valence-electron chi connectivity index (χ3n) is 2.70. The first kappa shape index (κ1) is 15.7. The summed E-state index contributed by atoms with van der Waals surface area (Å²) in [6, 6.07) is 7.28. The van der Waals surface area contributed by atoms with E-state index in [1.807, 2.05) is 24.1 Å². The highest BCUT2D eigenvalue weighted by atomic mass is 16.2. The molecule has 1 rings (SSSR count). The van der Waals surface area contributed by atoms with Crippen molar-refractivity contribution in [3.05, 3.63) is 35.4 Å². The van der Waals surface area contributed by atoms with Gasteiger partial charge in [0.05, 0.1) is 13.1 Å². The molecule has 2 N–H and O–H groups in total. The van der Waals surface area contributed by atoms with Gasteiger partial charge in [-0.2, -0.15) is 0 Å². The van der Waals surface area contributed by atoms with E-state index < -0.39 is 0 Å². The van der Waals surface area contributed by atoms with Gasteiger partial charge < -0.3 is 10.6 Å². The number of amides is 2. The Morgan fingerprint density at radius 3 is 2.50 bits per heavy atom. The van der Waals surface area contributed by atoms with Gasteiger partial charge in [0.1, 0.15) is 0 Å². The van der Waals surface area contributed by atoms with Gasteiger partial charge in [-0.1, -0.05) is 18.1 Å². The Labute approximate surface area is 119 Å². The van der Waals surface area contributed by atoms with Gasteiger partial charge in [0.25, 0.3) is 5.91 Å². The summed E-state index contributed by atoms with van der Waals surface area (Å²) in [6.45, 7) is 1.14. The Kier molecular flexibility index (Phi) is 6.27. The first-order valence-electron chi connectivity index (χ1n) is 6.26. The standard InChI is InChI=1S/C15H19N3O2/c1-4-9-17-14(19)11-18(3)10-12-5-7-13(8-6-12)15(20)16-2/h1,5-8H,9-11H2,2-3H3,(H,16,20)(H,17,19). The fourth-order valence-corrected chi connectivity index (χ4v) is 1.72. The topological polar surface area (TPSA) is 61.4 Å². The number of likely N-dealkylation sites (N-methyl/N-ethyl adjacent to an activating group) is 1. The van der Waals surface area contributed by atoms with E-state index in [4.69, 9.17) is 6.42 Å². The van der Waals surface area contributed by atoms with Crippen molar-refractivity contribution < 1.29 is 9.59 Å². The molecule has 2 amide bonds. The van der Waals surface area contributed by atoms with Crippen molar-refractivity contribution >= 4 is 11.8 Å². The molecule has 0 fully saturated rings. The molecule has 0 aliphatic rings. The van der Waals surface area contributed by atoms with Gasteiger partial charge in [-0.15, -0.1) is 6.42 Å². The van der Waals surface area contributed by atoms with Gasteiger partial charge >= 0.3 is 0 Å². The van der Waals surface area contributed by atoms with Crippen molar-refractivity contribution in [3.8, 4) is 12.3 Å². The Bertz CT molecular complexity index is 503. The summed E-state index contributed by atoms with van der Waals surface area (Å²) in [6.07, 6.45) is 5.07. The molecule has 0 aromatic heterocycles. The molecule has 1 aromatic rings. The van der Waals surface area contributed by atoms with E-state index in [1.165, 1.54) is 0 Å². The van der Waals surface area contributed by atoms with Gasteiger partial charge in [-0.25, -0.2) is 0 Å². The van der Waals surface area contributed by atoms with Crippen molar-refractivity contribution in [3.63, 3.8) is 0 Å². The lowest BCUT2D eigenvalue weighted by Gasteiger charge is -2.16. The molecule has 5 heteroatoms. The molecule has 20 heavy (non-hydrogen) atoms. The van der Waals surface area contributed by atoms with Crippen LogP contribution in [0.4, 0.5) is 0 Å². The predicted molar refractivity (Wildman–Crippen MR) is 78.0 cm³/mol. The lowest BCUT2D eigenvalue weighted by Crippen LogP contribution is -2.35. The van der Waals surface area contributed by atoms with Crippen LogP contribution in [0.15, 0.2) is 24.3 Å². The number of nitrogens with one attached hydrogen (secondary N) is 2. The van der Waals surface area contributed by atoms with Gasteiger partial charge in [-0.05, 0) is 24.7 Å². The lowest BCUT2D eigenvalue weighted by molar-refractivity contribution is -0.121. The Hall–Kier alpha value is -2.32. The quantitative estimate of drug-likeness (QED) is 0.729. The second-order valence-corrected chi connectivity index (χ2v) is 4.43. The zero-order valence-corrected chi connectivity index (χ0v) is 11.8. The largest absolute Gasteiger partial charge is 0.355 e. The molecule has 0 aliphatic heterocycles. The average Bonchev–Trinajstić information content (AvgIpc) is 2.45. The number of nitrogens with zero attached hydrogens (tertiary/aromatic N) is 1. The van der Waals surface area contributed by atoms with E-state index in [-0.39, 0.29) is 24.9 Å². The minimum absolute atomic E-state index is 0.104. The van der Waals surface area contributed by atoms with E-state index in [2.05, 4.69) is 16.6 Å². The van der Waals surface area contributed by atoms with Crippen molar-refractivity contribution in [2.24, 2.45) is 0 Å². The van der Waals surface area contributed by atoms with Crippen LogP contribution in [-0.4, -0.2) is 43.9 Å². The van der Waals surface area contributed by atoms with Crippen LogP contribution in [0.3, 0.4) is 0 Å². The molecule has 0 bridgehead atoms. The van der Waals surface area contributed by atoms with E-state index in [9.17, 15) is 9.59 Å². The Balaban J connectivity index is 2.50. The van der Waals surface area contributed by atoms with Crippen LogP contribution in [0.1, 0.15) is 15.9 Å². The highest BCUT2D eigenvalue weighted by Gasteiger charge is 2.07. The number of benzene rings is 1. The number of rotatable bonds is 6. The smallest absolute Gasteiger partial charge is 0.251 e. The molecule has 0 aliphatic carbocycles. The first-order valence-corrected chi connectivity index (χ1v) is 6.26. The molecule has 1 aromatic carbocycles. The second-order valence-electron chi connectivity index (χ2n) is 4.43. The van der Waals surface area contributed by atoms with Crippen LogP contribution in [-0.2, 0) is 11.3 Å². The van der Waals surface area contributed by atoms with Crippen molar-refractivity contribution in [1.82, 2.24) is 15.5 Å². The minimum Gasteiger partial charge on any atom is -0.355 e. The maximum absolute atomic E-state index is 11.5. The third kappa shape index (κ3) is 5.12. The number of hydrogen-bond acceptors (Lipinski definition) is 3. The lowest BCUT2D eigenvalue weighted by atomic mass is 10.1. The van der Waals surface area contributed by atoms with Crippen LogP contribution in [0.25, 0.3) is 0 Å². The molecule has 106 valence electrons. The number of terminal acetylenes is 1. The fourth-order valence-electron chi connectivity index (χ4n) is 1.72. The van der Waals surface area contributed by atoms with Crippen LogP contribution < -0.4 is 10.6 Å². The van der Waals surface area contributed by atoms with E-state index in [0.29, 0.717) is 12.1 Å². The number of hydrogen-bond donors (Lipinski definition) is 2. The molecular formula is C15H19N3O2. The van der Waals surface area contributed by atoms with Crippen LogP contribution in [0, 0.1) is 12.3 Å². The van der Waals surface area contributed by atoms with Crippen molar-refractivity contribution in [2.45, 2.75) is 6.54 Å². The van der Waals surface area contributed by atoms with E-state index in [1.54, 1.807) is 19.2 Å². The molecule has 0 atom stereocenters. The first-order chi connectivity index (χ1) is 9.56. The Morgan fingerprint density at radius 2 is 1.95 bits per heavy atom. The molecular weight excluding hydrogens is 254 g/mol. The van der Waals surface area contributed by atoms with Crippen molar-refractivity contribution in [2.75, 3.05) is 27.2 Å². The molecule has 0 spiro atoms.